The molecule has 2 heterocycles. The summed E-state index contributed by atoms with van der Waals surface area (Å²) in [6, 6.07) is 0. The first-order chi connectivity index (χ1) is 10.2. The van der Waals surface area contributed by atoms with Gasteiger partial charge in [-0.2, -0.15) is 0 Å². The summed E-state index contributed by atoms with van der Waals surface area (Å²) in [4.78, 5) is 9.24. The molecule has 21 heavy (non-hydrogen) atoms. The van der Waals surface area contributed by atoms with Crippen LogP contribution in [0.5, 0.6) is 0 Å². The van der Waals surface area contributed by atoms with Crippen LogP contribution in [0.4, 0.5) is 11.6 Å². The van der Waals surface area contributed by atoms with Crippen LogP contribution < -0.4 is 10.6 Å². The number of hydrogen-bond donors (Lipinski definition) is 2. The van der Waals surface area contributed by atoms with Crippen molar-refractivity contribution in [1.29, 1.82) is 0 Å². The Labute approximate surface area is 127 Å². The topological polar surface area (TPSA) is 59.1 Å². The van der Waals surface area contributed by atoms with Crippen LogP contribution in [0.15, 0.2) is 0 Å². The Hall–Kier alpha value is -1.36. The van der Waals surface area contributed by atoms with E-state index in [9.17, 15) is 0 Å². The maximum Gasteiger partial charge on any atom is 0.134 e. The van der Waals surface area contributed by atoms with E-state index >= 15 is 0 Å². The third kappa shape index (κ3) is 4.56. The van der Waals surface area contributed by atoms with E-state index in [-0.39, 0.29) is 0 Å². The van der Waals surface area contributed by atoms with Gasteiger partial charge in [-0.25, -0.2) is 9.97 Å². The second kappa shape index (κ2) is 8.17. The van der Waals surface area contributed by atoms with Gasteiger partial charge >= 0.3 is 0 Å². The molecule has 1 unspecified atom stereocenters. The van der Waals surface area contributed by atoms with Crippen molar-refractivity contribution in [2.75, 3.05) is 36.9 Å². The van der Waals surface area contributed by atoms with Gasteiger partial charge in [0.1, 0.15) is 17.5 Å². The second-order valence-corrected chi connectivity index (χ2v) is 5.71. The lowest BCUT2D eigenvalue weighted by Gasteiger charge is -2.23. The highest BCUT2D eigenvalue weighted by atomic mass is 16.5. The minimum atomic E-state index is 0.588. The summed E-state index contributed by atoms with van der Waals surface area (Å²) in [6.45, 7) is 9.97. The van der Waals surface area contributed by atoms with Crippen LogP contribution in [0.3, 0.4) is 0 Å². The van der Waals surface area contributed by atoms with Gasteiger partial charge in [-0.05, 0) is 32.1 Å². The van der Waals surface area contributed by atoms with E-state index in [1.807, 2.05) is 0 Å². The van der Waals surface area contributed by atoms with E-state index in [0.29, 0.717) is 5.92 Å². The first-order valence-corrected chi connectivity index (χ1v) is 8.17. The first kappa shape index (κ1) is 16.0. The van der Waals surface area contributed by atoms with Crippen molar-refractivity contribution in [3.63, 3.8) is 0 Å². The van der Waals surface area contributed by atoms with Gasteiger partial charge in [-0.1, -0.05) is 13.8 Å². The highest BCUT2D eigenvalue weighted by Crippen LogP contribution is 2.22. The average Bonchev–Trinajstić information content (AvgIpc) is 2.53. The molecule has 0 aromatic carbocycles. The van der Waals surface area contributed by atoms with Crippen LogP contribution in [-0.4, -0.2) is 36.3 Å². The molecule has 0 saturated carbocycles. The van der Waals surface area contributed by atoms with Crippen LogP contribution in [0.1, 0.15) is 44.5 Å². The lowest BCUT2D eigenvalue weighted by molar-refractivity contribution is 0.0595. The fourth-order valence-electron chi connectivity index (χ4n) is 2.52. The highest BCUT2D eigenvalue weighted by molar-refractivity contribution is 5.57. The van der Waals surface area contributed by atoms with E-state index in [0.717, 1.165) is 62.2 Å². The lowest BCUT2D eigenvalue weighted by Crippen LogP contribution is -2.25. The molecule has 1 aliphatic rings. The largest absolute Gasteiger partial charge is 0.381 e. The molecule has 1 fully saturated rings. The van der Waals surface area contributed by atoms with Crippen molar-refractivity contribution >= 4 is 11.6 Å². The molecule has 1 atom stereocenters. The first-order valence-electron chi connectivity index (χ1n) is 8.17. The number of ether oxygens (including phenoxy) is 1. The van der Waals surface area contributed by atoms with Gasteiger partial charge in [-0.15, -0.1) is 0 Å². The second-order valence-electron chi connectivity index (χ2n) is 5.71. The lowest BCUT2D eigenvalue weighted by atomic mass is 10.0. The molecular formula is C16H28N4O. The zero-order valence-electron chi connectivity index (χ0n) is 13.5. The van der Waals surface area contributed by atoms with E-state index in [1.54, 1.807) is 0 Å². The smallest absolute Gasteiger partial charge is 0.134 e. The number of nitrogens with one attached hydrogen (secondary N) is 2. The quantitative estimate of drug-likeness (QED) is 0.809. The number of hydrogen-bond acceptors (Lipinski definition) is 5. The SMILES string of the molecule is CCCNc1nc(CC)nc(NCC2CCCOC2)c1C. The molecule has 0 spiro atoms. The predicted molar refractivity (Wildman–Crippen MR) is 87.0 cm³/mol. The minimum Gasteiger partial charge on any atom is -0.381 e. The van der Waals surface area contributed by atoms with Crippen molar-refractivity contribution < 1.29 is 4.74 Å². The Morgan fingerprint density at radius 1 is 1.19 bits per heavy atom. The Morgan fingerprint density at radius 3 is 2.57 bits per heavy atom. The molecule has 118 valence electrons. The van der Waals surface area contributed by atoms with Crippen molar-refractivity contribution in [2.45, 2.75) is 46.5 Å². The molecule has 0 radical (unpaired) electrons. The number of aromatic nitrogens is 2. The highest BCUT2D eigenvalue weighted by Gasteiger charge is 2.15. The molecule has 1 aromatic rings. The third-order valence-corrected chi connectivity index (χ3v) is 3.86. The zero-order chi connectivity index (χ0) is 15.1. The summed E-state index contributed by atoms with van der Waals surface area (Å²) in [5.41, 5.74) is 1.11. The maximum atomic E-state index is 5.54. The maximum absolute atomic E-state index is 5.54. The van der Waals surface area contributed by atoms with Crippen molar-refractivity contribution in [3.05, 3.63) is 11.4 Å². The average molecular weight is 292 g/mol. The molecular weight excluding hydrogens is 264 g/mol. The number of rotatable bonds is 7. The van der Waals surface area contributed by atoms with Gasteiger partial charge < -0.3 is 15.4 Å². The molecule has 0 bridgehead atoms. The Kier molecular flexibility index (Phi) is 6.23. The molecule has 0 aliphatic carbocycles. The number of aryl methyl sites for hydroxylation is 1. The molecule has 1 aliphatic heterocycles. The standard InChI is InChI=1S/C16H28N4O/c1-4-8-17-15-12(3)16(20-14(5-2)19-15)18-10-13-7-6-9-21-11-13/h13H,4-11H2,1-3H3,(H2,17,18,19,20). The predicted octanol–water partition coefficient (Wildman–Crippen LogP) is 3.01. The fourth-order valence-corrected chi connectivity index (χ4v) is 2.52. The Morgan fingerprint density at radius 2 is 1.95 bits per heavy atom. The zero-order valence-corrected chi connectivity index (χ0v) is 13.5. The summed E-state index contributed by atoms with van der Waals surface area (Å²) in [6.07, 6.45) is 4.34. The van der Waals surface area contributed by atoms with E-state index in [1.165, 1.54) is 12.8 Å². The monoisotopic (exact) mass is 292 g/mol. The van der Waals surface area contributed by atoms with Gasteiger partial charge in [0.2, 0.25) is 0 Å². The fraction of sp³-hybridized carbons (Fsp3) is 0.750. The van der Waals surface area contributed by atoms with Gasteiger partial charge in [0.15, 0.2) is 0 Å². The summed E-state index contributed by atoms with van der Waals surface area (Å²) < 4.78 is 5.54. The van der Waals surface area contributed by atoms with Crippen molar-refractivity contribution in [3.8, 4) is 0 Å². The van der Waals surface area contributed by atoms with Crippen LogP contribution in [0.2, 0.25) is 0 Å². The van der Waals surface area contributed by atoms with E-state index in [2.05, 4.69) is 41.4 Å². The molecule has 5 heteroatoms. The molecule has 1 saturated heterocycles. The van der Waals surface area contributed by atoms with E-state index < -0.39 is 0 Å². The summed E-state index contributed by atoms with van der Waals surface area (Å²) in [5, 5.41) is 6.90. The molecule has 1 aromatic heterocycles. The van der Waals surface area contributed by atoms with Crippen LogP contribution in [-0.2, 0) is 11.2 Å². The van der Waals surface area contributed by atoms with Gasteiger partial charge in [0.25, 0.3) is 0 Å². The summed E-state index contributed by atoms with van der Waals surface area (Å²) in [5.74, 6) is 3.41. The molecule has 0 amide bonds. The number of nitrogens with zero attached hydrogens (tertiary/aromatic N) is 2. The van der Waals surface area contributed by atoms with Gasteiger partial charge in [-0.3, -0.25) is 0 Å². The van der Waals surface area contributed by atoms with Crippen molar-refractivity contribution in [1.82, 2.24) is 9.97 Å². The Bertz CT molecular complexity index is 444. The molecule has 5 nitrogen and oxygen atoms in total. The normalized spacial score (nSPS) is 18.5. The van der Waals surface area contributed by atoms with Gasteiger partial charge in [0, 0.05) is 31.7 Å². The van der Waals surface area contributed by atoms with Gasteiger partial charge in [0.05, 0.1) is 6.61 Å². The number of anilines is 2. The van der Waals surface area contributed by atoms with Crippen LogP contribution in [0, 0.1) is 12.8 Å². The Balaban J connectivity index is 2.05. The van der Waals surface area contributed by atoms with Crippen molar-refractivity contribution in [2.24, 2.45) is 5.92 Å². The van der Waals surface area contributed by atoms with Crippen LogP contribution >= 0.6 is 0 Å². The molecule has 2 rings (SSSR count). The molecule has 2 N–H and O–H groups in total. The summed E-state index contributed by atoms with van der Waals surface area (Å²) in [7, 11) is 0. The van der Waals surface area contributed by atoms with Crippen LogP contribution in [0.25, 0.3) is 0 Å². The minimum absolute atomic E-state index is 0.588. The van der Waals surface area contributed by atoms with E-state index in [4.69, 9.17) is 4.74 Å². The summed E-state index contributed by atoms with van der Waals surface area (Å²) >= 11 is 0. The third-order valence-electron chi connectivity index (χ3n) is 3.86.